The molecule has 2 amide bonds. The molecule has 10 nitrogen and oxygen atoms in total. The zero-order valence-corrected chi connectivity index (χ0v) is 25.3. The van der Waals surface area contributed by atoms with Crippen LogP contribution in [0.4, 0.5) is 9.59 Å². The molecule has 0 aromatic rings. The number of rotatable bonds is 8. The molecule has 0 bridgehead atoms. The summed E-state index contributed by atoms with van der Waals surface area (Å²) in [6.07, 6.45) is 9.16. The second-order valence-corrected chi connectivity index (χ2v) is 12.4. The number of carbonyl (C=O) groups excluding carboxylic acids is 3. The number of carboxylic acid groups (broad SMARTS) is 1. The summed E-state index contributed by atoms with van der Waals surface area (Å²) in [6, 6.07) is 0.311. The number of amides is 2. The number of aliphatic carboxylic acids is 1. The molecule has 0 radical (unpaired) electrons. The summed E-state index contributed by atoms with van der Waals surface area (Å²) in [5.41, 5.74) is -0.953. The number of hydrogen-bond acceptors (Lipinski definition) is 7. The van der Waals surface area contributed by atoms with Crippen molar-refractivity contribution in [1.29, 1.82) is 0 Å². The number of likely N-dealkylation sites (tertiary alicyclic amines) is 2. The third kappa shape index (κ3) is 15.0. The van der Waals surface area contributed by atoms with Gasteiger partial charge in [0.05, 0.1) is 7.11 Å². The maximum atomic E-state index is 12.2. The third-order valence-corrected chi connectivity index (χ3v) is 6.58. The SMILES string of the molecule is CC(C)(C)OC(=O)N1CCCCC1CCCC(=O)O.COC(=O)CCCC1CCCCN1C(=O)OC(C)(C)C. The molecule has 2 rings (SSSR count). The maximum absolute atomic E-state index is 12.2. The van der Waals surface area contributed by atoms with Crippen LogP contribution in [-0.2, 0) is 23.8 Å². The van der Waals surface area contributed by atoms with Crippen molar-refractivity contribution in [2.75, 3.05) is 20.2 Å². The summed E-state index contributed by atoms with van der Waals surface area (Å²) >= 11 is 0. The summed E-state index contributed by atoms with van der Waals surface area (Å²) in [4.78, 5) is 49.6. The molecule has 0 saturated carbocycles. The van der Waals surface area contributed by atoms with Crippen LogP contribution < -0.4 is 0 Å². The second kappa shape index (κ2) is 16.6. The van der Waals surface area contributed by atoms with Crippen LogP contribution in [0.2, 0.25) is 0 Å². The van der Waals surface area contributed by atoms with Crippen molar-refractivity contribution in [2.24, 2.45) is 0 Å². The molecule has 0 aromatic carbocycles. The van der Waals surface area contributed by atoms with Gasteiger partial charge in [0.2, 0.25) is 0 Å². The van der Waals surface area contributed by atoms with Gasteiger partial charge in [-0.1, -0.05) is 0 Å². The van der Waals surface area contributed by atoms with E-state index in [0.29, 0.717) is 19.4 Å². The molecular formula is C29H52N2O8. The van der Waals surface area contributed by atoms with Crippen LogP contribution in [-0.4, -0.2) is 82.5 Å². The van der Waals surface area contributed by atoms with E-state index < -0.39 is 17.2 Å². The largest absolute Gasteiger partial charge is 0.481 e. The fraction of sp³-hybridized carbons (Fsp3) is 0.862. The van der Waals surface area contributed by atoms with Gasteiger partial charge < -0.3 is 29.1 Å². The molecule has 1 N–H and O–H groups in total. The average molecular weight is 557 g/mol. The van der Waals surface area contributed by atoms with E-state index >= 15 is 0 Å². The van der Waals surface area contributed by atoms with E-state index in [2.05, 4.69) is 4.74 Å². The van der Waals surface area contributed by atoms with Gasteiger partial charge in [-0.25, -0.2) is 9.59 Å². The summed E-state index contributed by atoms with van der Waals surface area (Å²) in [5.74, 6) is -0.968. The molecule has 2 saturated heterocycles. The van der Waals surface area contributed by atoms with Gasteiger partial charge in [0.15, 0.2) is 0 Å². The van der Waals surface area contributed by atoms with Gasteiger partial charge in [-0.3, -0.25) is 9.59 Å². The van der Waals surface area contributed by atoms with E-state index in [0.717, 1.165) is 64.3 Å². The van der Waals surface area contributed by atoms with Crippen LogP contribution >= 0.6 is 0 Å². The summed E-state index contributed by atoms with van der Waals surface area (Å²) in [7, 11) is 1.40. The van der Waals surface area contributed by atoms with Gasteiger partial charge >= 0.3 is 24.1 Å². The Kier molecular flexibility index (Phi) is 14.6. The number of carboxylic acids is 1. The first kappa shape index (κ1) is 34.5. The molecule has 2 aliphatic rings. The van der Waals surface area contributed by atoms with E-state index in [1.165, 1.54) is 7.11 Å². The van der Waals surface area contributed by atoms with Crippen LogP contribution in [0.1, 0.15) is 119 Å². The number of piperidine rings is 2. The Balaban J connectivity index is 0.000000391. The number of ether oxygens (including phenoxy) is 3. The lowest BCUT2D eigenvalue weighted by Gasteiger charge is -2.36. The minimum absolute atomic E-state index is 0.128. The van der Waals surface area contributed by atoms with E-state index in [4.69, 9.17) is 14.6 Å². The Morgan fingerprint density at radius 3 is 1.49 bits per heavy atom. The average Bonchev–Trinajstić information content (AvgIpc) is 2.82. The molecule has 0 aliphatic carbocycles. The maximum Gasteiger partial charge on any atom is 0.410 e. The van der Waals surface area contributed by atoms with Crippen molar-refractivity contribution < 1.29 is 38.5 Å². The molecule has 0 aromatic heterocycles. The van der Waals surface area contributed by atoms with Crippen LogP contribution in [0.25, 0.3) is 0 Å². The topological polar surface area (TPSA) is 123 Å². The van der Waals surface area contributed by atoms with Crippen molar-refractivity contribution in [1.82, 2.24) is 9.80 Å². The molecule has 2 atom stereocenters. The van der Waals surface area contributed by atoms with Gasteiger partial charge in [0.25, 0.3) is 0 Å². The zero-order valence-electron chi connectivity index (χ0n) is 25.3. The zero-order chi connectivity index (χ0) is 29.6. The van der Waals surface area contributed by atoms with Crippen LogP contribution in [0.15, 0.2) is 0 Å². The first-order valence-electron chi connectivity index (χ1n) is 14.4. The number of hydrogen-bond donors (Lipinski definition) is 1. The summed E-state index contributed by atoms with van der Waals surface area (Å²) < 4.78 is 15.5. The molecular weight excluding hydrogens is 504 g/mol. The van der Waals surface area contributed by atoms with Crippen LogP contribution in [0.3, 0.4) is 0 Å². The Morgan fingerprint density at radius 1 is 0.718 bits per heavy atom. The van der Waals surface area contributed by atoms with Gasteiger partial charge in [-0.2, -0.15) is 0 Å². The quantitative estimate of drug-likeness (QED) is 0.279. The minimum Gasteiger partial charge on any atom is -0.481 e. The molecule has 226 valence electrons. The third-order valence-electron chi connectivity index (χ3n) is 6.58. The fourth-order valence-corrected chi connectivity index (χ4v) is 4.80. The molecule has 0 spiro atoms. The van der Waals surface area contributed by atoms with Gasteiger partial charge in [-0.15, -0.1) is 0 Å². The highest BCUT2D eigenvalue weighted by atomic mass is 16.6. The van der Waals surface area contributed by atoms with Crippen molar-refractivity contribution in [3.8, 4) is 0 Å². The van der Waals surface area contributed by atoms with Crippen LogP contribution in [0, 0.1) is 0 Å². The Bertz CT molecular complexity index is 787. The Morgan fingerprint density at radius 2 is 1.13 bits per heavy atom. The lowest BCUT2D eigenvalue weighted by atomic mass is 9.97. The monoisotopic (exact) mass is 556 g/mol. The number of nitrogens with zero attached hydrogens (tertiary/aromatic N) is 2. The van der Waals surface area contributed by atoms with E-state index in [-0.39, 0.29) is 36.7 Å². The van der Waals surface area contributed by atoms with E-state index in [1.54, 1.807) is 4.90 Å². The lowest BCUT2D eigenvalue weighted by molar-refractivity contribution is -0.141. The standard InChI is InChI=1S/C15H27NO4.C14H25NO4/c1-15(2,3)20-14(18)16-11-6-5-8-12(16)9-7-10-13(17)19-4;1-14(2,3)19-13(18)15-10-5-4-7-11(15)8-6-9-12(16)17/h12H,5-11H2,1-4H3;11H,4-10H2,1-3H3,(H,16,17). The highest BCUT2D eigenvalue weighted by Crippen LogP contribution is 2.25. The second-order valence-electron chi connectivity index (χ2n) is 12.4. The van der Waals surface area contributed by atoms with Crippen molar-refractivity contribution in [3.63, 3.8) is 0 Å². The lowest BCUT2D eigenvalue weighted by Crippen LogP contribution is -2.46. The van der Waals surface area contributed by atoms with Crippen molar-refractivity contribution in [3.05, 3.63) is 0 Å². The summed E-state index contributed by atoms with van der Waals surface area (Å²) in [5, 5.41) is 8.67. The van der Waals surface area contributed by atoms with Gasteiger partial charge in [0, 0.05) is 38.0 Å². The number of esters is 1. The smallest absolute Gasteiger partial charge is 0.410 e. The Hall–Kier alpha value is -2.52. The minimum atomic E-state index is -0.778. The predicted octanol–water partition coefficient (Wildman–Crippen LogP) is 6.15. The molecule has 2 heterocycles. The van der Waals surface area contributed by atoms with Gasteiger partial charge in [-0.05, 0) is 106 Å². The summed E-state index contributed by atoms with van der Waals surface area (Å²) in [6.45, 7) is 12.7. The molecule has 2 aliphatic heterocycles. The van der Waals surface area contributed by atoms with Crippen molar-refractivity contribution in [2.45, 2.75) is 142 Å². The predicted molar refractivity (Wildman–Crippen MR) is 149 cm³/mol. The van der Waals surface area contributed by atoms with Crippen molar-refractivity contribution >= 4 is 24.1 Å². The normalized spacial score (nSPS) is 19.9. The van der Waals surface area contributed by atoms with Crippen LogP contribution in [0.5, 0.6) is 0 Å². The molecule has 2 unspecified atom stereocenters. The molecule has 2 fully saturated rings. The highest BCUT2D eigenvalue weighted by Gasteiger charge is 2.31. The number of methoxy groups -OCH3 is 1. The molecule has 39 heavy (non-hydrogen) atoms. The first-order valence-corrected chi connectivity index (χ1v) is 14.4. The first-order chi connectivity index (χ1) is 18.1. The van der Waals surface area contributed by atoms with E-state index in [1.807, 2.05) is 46.4 Å². The highest BCUT2D eigenvalue weighted by molar-refractivity contribution is 5.70. The fourth-order valence-electron chi connectivity index (χ4n) is 4.80. The van der Waals surface area contributed by atoms with Gasteiger partial charge in [0.1, 0.15) is 11.2 Å². The van der Waals surface area contributed by atoms with E-state index in [9.17, 15) is 19.2 Å². The Labute approximate surface area is 234 Å². The number of carbonyl (C=O) groups is 4. The molecule has 10 heteroatoms.